The molecule has 0 unspecified atom stereocenters. The summed E-state index contributed by atoms with van der Waals surface area (Å²) in [5.74, 6) is -1.82. The molecule has 0 aliphatic rings. The summed E-state index contributed by atoms with van der Waals surface area (Å²) < 4.78 is 48.9. The molecular weight excluding hydrogens is 415 g/mol. The molecule has 1 N–H and O–H groups in total. The number of anilines is 1. The Balaban J connectivity index is 2.00. The number of alkyl halides is 3. The van der Waals surface area contributed by atoms with Crippen LogP contribution in [0.1, 0.15) is 33.2 Å². The second-order valence-electron chi connectivity index (χ2n) is 6.31. The molecule has 0 bridgehead atoms. The molecule has 0 fully saturated rings. The summed E-state index contributed by atoms with van der Waals surface area (Å²) in [7, 11) is 0. The molecule has 1 aromatic heterocycles. The first-order chi connectivity index (χ1) is 14.7. The Kier molecular flexibility index (Phi) is 6.24. The SMILES string of the molecule is CCOC(=O)c1cc(NC(=O)c2cccc(C(F)(F)F)c2)c(=O)oc1-c1ccccc1. The zero-order valence-electron chi connectivity index (χ0n) is 16.2. The number of benzene rings is 2. The molecule has 160 valence electrons. The van der Waals surface area contributed by atoms with Gasteiger partial charge in [0.25, 0.3) is 5.91 Å². The van der Waals surface area contributed by atoms with Crippen LogP contribution in [0.15, 0.2) is 69.9 Å². The van der Waals surface area contributed by atoms with E-state index in [1.165, 1.54) is 0 Å². The summed E-state index contributed by atoms with van der Waals surface area (Å²) >= 11 is 0. The number of carbonyl (C=O) groups excluding carboxylic acids is 2. The average molecular weight is 431 g/mol. The average Bonchev–Trinajstić information content (AvgIpc) is 2.75. The summed E-state index contributed by atoms with van der Waals surface area (Å²) in [6.07, 6.45) is -4.64. The van der Waals surface area contributed by atoms with Crippen molar-refractivity contribution in [3.05, 3.63) is 87.8 Å². The maximum absolute atomic E-state index is 12.9. The first kappa shape index (κ1) is 21.8. The normalized spacial score (nSPS) is 11.1. The van der Waals surface area contributed by atoms with Crippen molar-refractivity contribution >= 4 is 17.6 Å². The van der Waals surface area contributed by atoms with Gasteiger partial charge in [0.1, 0.15) is 11.3 Å². The minimum Gasteiger partial charge on any atom is -0.462 e. The maximum Gasteiger partial charge on any atom is 0.416 e. The molecule has 0 aliphatic heterocycles. The number of amides is 1. The van der Waals surface area contributed by atoms with E-state index in [2.05, 4.69) is 5.32 Å². The summed E-state index contributed by atoms with van der Waals surface area (Å²) in [5, 5.41) is 2.20. The Labute approximate surface area is 174 Å². The van der Waals surface area contributed by atoms with Crippen LogP contribution >= 0.6 is 0 Å². The predicted molar refractivity (Wildman–Crippen MR) is 106 cm³/mol. The Hall–Kier alpha value is -3.88. The molecule has 0 saturated heterocycles. The largest absolute Gasteiger partial charge is 0.462 e. The molecule has 1 amide bonds. The number of hydrogen-bond acceptors (Lipinski definition) is 5. The summed E-state index contributed by atoms with van der Waals surface area (Å²) in [4.78, 5) is 37.2. The lowest BCUT2D eigenvalue weighted by Gasteiger charge is -2.11. The van der Waals surface area contributed by atoms with Crippen LogP contribution < -0.4 is 10.9 Å². The minimum atomic E-state index is -4.64. The van der Waals surface area contributed by atoms with E-state index in [0.717, 1.165) is 24.3 Å². The molecule has 0 spiro atoms. The summed E-state index contributed by atoms with van der Waals surface area (Å²) in [6.45, 7) is 1.65. The molecule has 6 nitrogen and oxygen atoms in total. The van der Waals surface area contributed by atoms with Crippen LogP contribution in [0.2, 0.25) is 0 Å². The van der Waals surface area contributed by atoms with Gasteiger partial charge in [0, 0.05) is 11.1 Å². The van der Waals surface area contributed by atoms with Gasteiger partial charge >= 0.3 is 17.8 Å². The number of ether oxygens (including phenoxy) is 1. The van der Waals surface area contributed by atoms with Gasteiger partial charge in [-0.2, -0.15) is 13.2 Å². The van der Waals surface area contributed by atoms with Crippen LogP contribution in [-0.4, -0.2) is 18.5 Å². The van der Waals surface area contributed by atoms with Crippen LogP contribution in [0.3, 0.4) is 0 Å². The van der Waals surface area contributed by atoms with Crippen LogP contribution in [0.25, 0.3) is 11.3 Å². The first-order valence-electron chi connectivity index (χ1n) is 9.10. The van der Waals surface area contributed by atoms with Crippen molar-refractivity contribution in [2.24, 2.45) is 0 Å². The van der Waals surface area contributed by atoms with E-state index in [4.69, 9.17) is 9.15 Å². The fraction of sp³-hybridized carbons (Fsp3) is 0.136. The van der Waals surface area contributed by atoms with Gasteiger partial charge in [-0.05, 0) is 31.2 Å². The second kappa shape index (κ2) is 8.86. The highest BCUT2D eigenvalue weighted by molar-refractivity contribution is 6.05. The maximum atomic E-state index is 12.9. The quantitative estimate of drug-likeness (QED) is 0.589. The van der Waals surface area contributed by atoms with Crippen molar-refractivity contribution in [1.82, 2.24) is 0 Å². The van der Waals surface area contributed by atoms with Crippen LogP contribution in [0.5, 0.6) is 0 Å². The van der Waals surface area contributed by atoms with Crippen molar-refractivity contribution in [2.45, 2.75) is 13.1 Å². The molecule has 2 aromatic carbocycles. The topological polar surface area (TPSA) is 85.6 Å². The van der Waals surface area contributed by atoms with Crippen molar-refractivity contribution in [1.29, 1.82) is 0 Å². The minimum absolute atomic E-state index is 0.0537. The highest BCUT2D eigenvalue weighted by Crippen LogP contribution is 2.30. The number of halogens is 3. The number of esters is 1. The lowest BCUT2D eigenvalue weighted by Crippen LogP contribution is -2.20. The Morgan fingerprint density at radius 1 is 1.03 bits per heavy atom. The molecule has 3 rings (SSSR count). The van der Waals surface area contributed by atoms with Crippen molar-refractivity contribution in [3.63, 3.8) is 0 Å². The zero-order chi connectivity index (χ0) is 22.6. The van der Waals surface area contributed by atoms with Gasteiger partial charge in [-0.15, -0.1) is 0 Å². The highest BCUT2D eigenvalue weighted by Gasteiger charge is 2.31. The molecule has 9 heteroatoms. The second-order valence-corrected chi connectivity index (χ2v) is 6.31. The van der Waals surface area contributed by atoms with E-state index in [1.54, 1.807) is 37.3 Å². The first-order valence-corrected chi connectivity index (χ1v) is 9.10. The van der Waals surface area contributed by atoms with Crippen molar-refractivity contribution in [2.75, 3.05) is 11.9 Å². The van der Waals surface area contributed by atoms with Gasteiger partial charge < -0.3 is 14.5 Å². The molecule has 0 saturated carbocycles. The lowest BCUT2D eigenvalue weighted by molar-refractivity contribution is -0.137. The number of hydrogen-bond donors (Lipinski definition) is 1. The van der Waals surface area contributed by atoms with E-state index in [1.807, 2.05) is 0 Å². The predicted octanol–water partition coefficient (Wildman–Crippen LogP) is 4.75. The van der Waals surface area contributed by atoms with E-state index in [9.17, 15) is 27.6 Å². The Morgan fingerprint density at radius 2 is 1.74 bits per heavy atom. The van der Waals surface area contributed by atoms with Crippen LogP contribution in [-0.2, 0) is 10.9 Å². The van der Waals surface area contributed by atoms with E-state index < -0.39 is 34.9 Å². The standard InChI is InChI=1S/C22H16F3NO5/c1-2-30-20(28)16-12-17(21(29)31-18(16)13-7-4-3-5-8-13)26-19(27)14-9-6-10-15(11-14)22(23,24)25/h3-12H,2H2,1H3,(H,26,27). The molecule has 0 radical (unpaired) electrons. The zero-order valence-corrected chi connectivity index (χ0v) is 16.2. The third-order valence-corrected chi connectivity index (χ3v) is 4.18. The molecule has 0 atom stereocenters. The molecule has 31 heavy (non-hydrogen) atoms. The smallest absolute Gasteiger partial charge is 0.416 e. The molecule has 0 aliphatic carbocycles. The lowest BCUT2D eigenvalue weighted by atomic mass is 10.1. The van der Waals surface area contributed by atoms with Gasteiger partial charge in [-0.25, -0.2) is 9.59 Å². The highest BCUT2D eigenvalue weighted by atomic mass is 19.4. The Morgan fingerprint density at radius 3 is 2.39 bits per heavy atom. The van der Waals surface area contributed by atoms with Crippen LogP contribution in [0, 0.1) is 0 Å². The van der Waals surface area contributed by atoms with Crippen molar-refractivity contribution < 1.29 is 31.9 Å². The fourth-order valence-corrected chi connectivity index (χ4v) is 2.75. The fourth-order valence-electron chi connectivity index (χ4n) is 2.75. The summed E-state index contributed by atoms with van der Waals surface area (Å²) in [5.41, 5.74) is -2.42. The van der Waals surface area contributed by atoms with Gasteiger partial charge in [0.05, 0.1) is 12.2 Å². The molecule has 1 heterocycles. The van der Waals surface area contributed by atoms with Gasteiger partial charge in [0.15, 0.2) is 5.76 Å². The third kappa shape index (κ3) is 5.00. The molecular formula is C22H16F3NO5. The van der Waals surface area contributed by atoms with Crippen molar-refractivity contribution in [3.8, 4) is 11.3 Å². The summed E-state index contributed by atoms with van der Waals surface area (Å²) in [6, 6.07) is 13.1. The number of rotatable bonds is 5. The van der Waals surface area contributed by atoms with Gasteiger partial charge in [-0.1, -0.05) is 36.4 Å². The third-order valence-electron chi connectivity index (χ3n) is 4.18. The van der Waals surface area contributed by atoms with E-state index in [0.29, 0.717) is 11.6 Å². The number of nitrogens with one attached hydrogen (secondary N) is 1. The van der Waals surface area contributed by atoms with E-state index >= 15 is 0 Å². The van der Waals surface area contributed by atoms with Gasteiger partial charge in [-0.3, -0.25) is 4.79 Å². The number of carbonyl (C=O) groups is 2. The molecule has 3 aromatic rings. The Bertz CT molecular complexity index is 1170. The monoisotopic (exact) mass is 431 g/mol. The van der Waals surface area contributed by atoms with Crippen LogP contribution in [0.4, 0.5) is 18.9 Å². The van der Waals surface area contributed by atoms with E-state index in [-0.39, 0.29) is 23.5 Å². The van der Waals surface area contributed by atoms with Gasteiger partial charge in [0.2, 0.25) is 0 Å².